The van der Waals surface area contributed by atoms with E-state index in [1.807, 2.05) is 27.7 Å². The van der Waals surface area contributed by atoms with Gasteiger partial charge in [-0.1, -0.05) is 74.7 Å². The maximum absolute atomic E-state index is 13.4. The van der Waals surface area contributed by atoms with E-state index in [4.69, 9.17) is 0 Å². The molecule has 0 saturated carbocycles. The molecule has 8 nitrogen and oxygen atoms in total. The zero-order chi connectivity index (χ0) is 28.9. The fourth-order valence-corrected chi connectivity index (χ4v) is 12.7. The van der Waals surface area contributed by atoms with Crippen LogP contribution in [0.25, 0.3) is 0 Å². The molecular formula is C26H30Br2N4O4S4. The van der Waals surface area contributed by atoms with Crippen LogP contribution in [0.2, 0.25) is 0 Å². The van der Waals surface area contributed by atoms with Crippen LogP contribution < -0.4 is 0 Å². The quantitative estimate of drug-likeness (QED) is 0.233. The van der Waals surface area contributed by atoms with Crippen molar-refractivity contribution in [2.75, 3.05) is 26.2 Å². The second kappa shape index (κ2) is 12.6. The van der Waals surface area contributed by atoms with Gasteiger partial charge < -0.3 is 5.11 Å². The molecule has 1 aromatic carbocycles. The zero-order valence-corrected chi connectivity index (χ0v) is 29.0. The Bertz CT molecular complexity index is 1280. The van der Waals surface area contributed by atoms with E-state index < -0.39 is 6.23 Å². The van der Waals surface area contributed by atoms with E-state index in [-0.39, 0.29) is 23.3 Å². The molecule has 4 aliphatic rings. The van der Waals surface area contributed by atoms with Crippen LogP contribution in [-0.2, 0) is 14.4 Å². The summed E-state index contributed by atoms with van der Waals surface area (Å²) < 4.78 is 3.20. The van der Waals surface area contributed by atoms with Gasteiger partial charge in [0.25, 0.3) is 17.7 Å². The predicted octanol–water partition coefficient (Wildman–Crippen LogP) is 6.63. The van der Waals surface area contributed by atoms with Crippen molar-refractivity contribution in [2.45, 2.75) is 79.2 Å². The zero-order valence-electron chi connectivity index (χ0n) is 22.6. The summed E-state index contributed by atoms with van der Waals surface area (Å²) in [5.41, 5.74) is 0.659. The molecule has 2 fully saturated rings. The Hall–Kier alpha value is -0.610. The van der Waals surface area contributed by atoms with E-state index in [0.29, 0.717) is 36.0 Å². The van der Waals surface area contributed by atoms with Crippen LogP contribution in [0.15, 0.2) is 48.1 Å². The Labute approximate surface area is 268 Å². The van der Waals surface area contributed by atoms with Gasteiger partial charge >= 0.3 is 0 Å². The van der Waals surface area contributed by atoms with Crippen LogP contribution >= 0.6 is 78.9 Å². The maximum atomic E-state index is 13.4. The van der Waals surface area contributed by atoms with Crippen molar-refractivity contribution in [3.8, 4) is 0 Å². The van der Waals surface area contributed by atoms with Crippen LogP contribution in [-0.4, -0.2) is 75.3 Å². The molecule has 4 heterocycles. The molecule has 5 rings (SSSR count). The number of aliphatic hydroxyl groups is 1. The highest BCUT2D eigenvalue weighted by Crippen LogP contribution is 2.66. The van der Waals surface area contributed by atoms with Crippen molar-refractivity contribution in [1.29, 1.82) is 0 Å². The Morgan fingerprint density at radius 3 is 1.45 bits per heavy atom. The number of benzene rings is 1. The van der Waals surface area contributed by atoms with Crippen molar-refractivity contribution in [3.05, 3.63) is 28.6 Å². The van der Waals surface area contributed by atoms with Crippen molar-refractivity contribution in [1.82, 2.24) is 20.0 Å². The van der Waals surface area contributed by atoms with Gasteiger partial charge in [0.1, 0.15) is 5.57 Å². The number of hydrogen-bond donors (Lipinski definition) is 1. The van der Waals surface area contributed by atoms with Crippen molar-refractivity contribution in [2.24, 2.45) is 0 Å². The molecule has 1 aromatic rings. The van der Waals surface area contributed by atoms with E-state index in [1.165, 1.54) is 47.0 Å². The summed E-state index contributed by atoms with van der Waals surface area (Å²) in [5, 5.41) is 17.8. The summed E-state index contributed by atoms with van der Waals surface area (Å²) in [6.07, 6.45) is 2.17. The molecule has 1 unspecified atom stereocenters. The minimum atomic E-state index is -0.982. The topological polar surface area (TPSA) is 84.4 Å². The van der Waals surface area contributed by atoms with Gasteiger partial charge in [-0.05, 0) is 57.5 Å². The molecule has 216 valence electrons. The number of hydrogen-bond acceptors (Lipinski definition) is 9. The fraction of sp³-hybridized carbons (Fsp3) is 0.500. The summed E-state index contributed by atoms with van der Waals surface area (Å²) in [6.45, 7) is 10.2. The molecule has 1 atom stereocenters. The lowest BCUT2D eigenvalue weighted by Gasteiger charge is -2.28. The van der Waals surface area contributed by atoms with Crippen LogP contribution in [0.3, 0.4) is 0 Å². The smallest absolute Gasteiger partial charge is 0.279 e. The van der Waals surface area contributed by atoms with E-state index in [1.54, 1.807) is 20.0 Å². The molecule has 40 heavy (non-hydrogen) atoms. The number of hydrazine groups is 2. The van der Waals surface area contributed by atoms with Gasteiger partial charge in [-0.25, -0.2) is 10.0 Å². The molecule has 2 saturated heterocycles. The lowest BCUT2D eigenvalue weighted by molar-refractivity contribution is -0.146. The first-order chi connectivity index (χ1) is 19.2. The predicted molar refractivity (Wildman–Crippen MR) is 168 cm³/mol. The van der Waals surface area contributed by atoms with Gasteiger partial charge in [-0.15, -0.1) is 0 Å². The van der Waals surface area contributed by atoms with E-state index in [2.05, 4.69) is 31.9 Å². The number of aliphatic hydroxyl groups excluding tert-OH is 1. The van der Waals surface area contributed by atoms with Gasteiger partial charge in [0.15, 0.2) is 6.23 Å². The Morgan fingerprint density at radius 1 is 0.625 bits per heavy atom. The number of fused-ring (bicyclic) bond motifs is 2. The monoisotopic (exact) mass is 748 g/mol. The van der Waals surface area contributed by atoms with Crippen molar-refractivity contribution >= 4 is 96.6 Å². The molecule has 0 bridgehead atoms. The third kappa shape index (κ3) is 5.01. The highest BCUT2D eigenvalue weighted by atomic mass is 79.9. The van der Waals surface area contributed by atoms with E-state index >= 15 is 0 Å². The van der Waals surface area contributed by atoms with Gasteiger partial charge in [-0.2, -0.15) is 5.01 Å². The Balaban J connectivity index is 1.49. The number of amides is 3. The number of halogens is 2. The van der Waals surface area contributed by atoms with E-state index in [0.717, 1.165) is 58.4 Å². The number of nitrogens with zero attached hydrogens (tertiary/aromatic N) is 4. The summed E-state index contributed by atoms with van der Waals surface area (Å²) in [5.74, 6) is -0.617. The van der Waals surface area contributed by atoms with Gasteiger partial charge in [-0.3, -0.25) is 19.4 Å². The standard InChI is InChI=1S/C26H30Br2N4O4S4/c1-5-9-29-21(33)13(22(34)30(29)10-6-2)25-37-17-15(27)19-20(16(28)18(17)38-25)40-26(39-19)14-23(35)31(11-7-3)32(12-8-4)24(14)36/h21,33H,5-12H2,1-4H3. The summed E-state index contributed by atoms with van der Waals surface area (Å²) in [4.78, 5) is 44.0. The normalized spacial score (nSPS) is 21.2. The molecule has 3 amide bonds. The van der Waals surface area contributed by atoms with Crippen molar-refractivity contribution in [3.63, 3.8) is 0 Å². The molecule has 14 heteroatoms. The summed E-state index contributed by atoms with van der Waals surface area (Å²) >= 11 is 13.4. The van der Waals surface area contributed by atoms with Gasteiger partial charge in [0.2, 0.25) is 0 Å². The third-order valence-electron chi connectivity index (χ3n) is 6.68. The van der Waals surface area contributed by atoms with E-state index in [9.17, 15) is 19.5 Å². The molecule has 0 spiro atoms. The first kappa shape index (κ1) is 30.8. The SMILES string of the molecule is CCCN1C(=O)C(=C2Sc3c(Br)c4c(c(Br)c3S2)SC(=C2C(=O)N(CCC)N(CCC)C2O)S4)C(=O)N1CCC. The number of carbonyl (C=O) groups excluding carboxylic acids is 3. The molecule has 1 N–H and O–H groups in total. The molecular weight excluding hydrogens is 720 g/mol. The number of thioether (sulfide) groups is 4. The van der Waals surface area contributed by atoms with Crippen LogP contribution in [0.5, 0.6) is 0 Å². The molecule has 4 aliphatic heterocycles. The lowest BCUT2D eigenvalue weighted by atomic mass is 10.2. The average molecular weight is 751 g/mol. The number of rotatable bonds is 8. The first-order valence-corrected chi connectivity index (χ1v) is 18.2. The molecule has 0 aliphatic carbocycles. The van der Waals surface area contributed by atoms with Crippen LogP contribution in [0.1, 0.15) is 53.4 Å². The second-order valence-corrected chi connectivity index (χ2v) is 15.7. The van der Waals surface area contributed by atoms with Crippen molar-refractivity contribution < 1.29 is 19.5 Å². The van der Waals surface area contributed by atoms with Gasteiger partial charge in [0.05, 0.1) is 14.0 Å². The highest BCUT2D eigenvalue weighted by Gasteiger charge is 2.47. The average Bonchev–Trinajstić information content (AvgIpc) is 3.66. The minimum Gasteiger partial charge on any atom is -0.372 e. The Kier molecular flexibility index (Phi) is 9.68. The first-order valence-electron chi connectivity index (χ1n) is 13.3. The largest absolute Gasteiger partial charge is 0.372 e. The minimum absolute atomic E-state index is 0.146. The molecule has 0 aromatic heterocycles. The van der Waals surface area contributed by atoms with Gasteiger partial charge in [0, 0.05) is 54.7 Å². The van der Waals surface area contributed by atoms with Crippen LogP contribution in [0, 0.1) is 0 Å². The third-order valence-corrected chi connectivity index (χ3v) is 14.6. The highest BCUT2D eigenvalue weighted by molar-refractivity contribution is 9.11. The fourth-order valence-electron chi connectivity index (χ4n) is 4.96. The molecule has 0 radical (unpaired) electrons. The second-order valence-electron chi connectivity index (χ2n) is 9.54. The lowest BCUT2D eigenvalue weighted by Crippen LogP contribution is -2.43. The maximum Gasteiger partial charge on any atom is 0.279 e. The Morgan fingerprint density at radius 2 is 1.02 bits per heavy atom. The summed E-state index contributed by atoms with van der Waals surface area (Å²) in [7, 11) is 0. The number of carbonyl (C=O) groups is 3. The van der Waals surface area contributed by atoms with Crippen LogP contribution in [0.4, 0.5) is 0 Å². The summed E-state index contributed by atoms with van der Waals surface area (Å²) in [6, 6.07) is 0.